The van der Waals surface area contributed by atoms with E-state index in [2.05, 4.69) is 13.8 Å². The summed E-state index contributed by atoms with van der Waals surface area (Å²) in [6.45, 7) is 6.90. The molecule has 0 aliphatic rings. The number of hydrogen-bond acceptors (Lipinski definition) is 3. The Morgan fingerprint density at radius 3 is 2.64 bits per heavy atom. The van der Waals surface area contributed by atoms with Crippen LogP contribution in [0.5, 0.6) is 0 Å². The van der Waals surface area contributed by atoms with Crippen LogP contribution in [0.3, 0.4) is 0 Å². The maximum absolute atomic E-state index is 6.09. The highest BCUT2D eigenvalue weighted by molar-refractivity contribution is 5.12. The highest BCUT2D eigenvalue weighted by Gasteiger charge is 2.23. The molecule has 2 N–H and O–H groups in total. The first-order chi connectivity index (χ1) is 6.66. The van der Waals surface area contributed by atoms with Gasteiger partial charge in [0.1, 0.15) is 0 Å². The van der Waals surface area contributed by atoms with Crippen LogP contribution >= 0.6 is 0 Å². The van der Waals surface area contributed by atoms with Crippen molar-refractivity contribution in [2.24, 2.45) is 11.7 Å². The smallest absolute Gasteiger partial charge is 0.0951 e. The second-order valence-electron chi connectivity index (χ2n) is 3.75. The Morgan fingerprint density at radius 1 is 1.50 bits per heavy atom. The molecule has 0 radical (unpaired) electrons. The van der Waals surface area contributed by atoms with Gasteiger partial charge in [0.25, 0.3) is 0 Å². The summed E-state index contributed by atoms with van der Waals surface area (Å²) in [5.74, 6) is 0.403. The maximum Gasteiger partial charge on any atom is 0.0951 e. The largest absolute Gasteiger partial charge is 0.472 e. The fourth-order valence-electron chi connectivity index (χ4n) is 1.56. The molecule has 1 rings (SSSR count). The van der Waals surface area contributed by atoms with Crippen molar-refractivity contribution in [3.63, 3.8) is 0 Å². The minimum Gasteiger partial charge on any atom is -0.472 e. The van der Waals surface area contributed by atoms with Crippen molar-refractivity contribution in [1.29, 1.82) is 0 Å². The minimum absolute atomic E-state index is 0.0533. The van der Waals surface area contributed by atoms with Crippen LogP contribution in [0.25, 0.3) is 0 Å². The molecule has 0 bridgehead atoms. The van der Waals surface area contributed by atoms with Gasteiger partial charge in [-0.3, -0.25) is 0 Å². The third kappa shape index (κ3) is 2.59. The van der Waals surface area contributed by atoms with E-state index in [0.29, 0.717) is 12.5 Å². The van der Waals surface area contributed by atoms with E-state index < -0.39 is 0 Å². The summed E-state index contributed by atoms with van der Waals surface area (Å²) in [4.78, 5) is 0. The van der Waals surface area contributed by atoms with Crippen LogP contribution in [-0.2, 0) is 4.74 Å². The fraction of sp³-hybridized carbons (Fsp3) is 0.636. The third-order valence-corrected chi connectivity index (χ3v) is 2.30. The molecule has 0 spiro atoms. The lowest BCUT2D eigenvalue weighted by Gasteiger charge is -2.26. The van der Waals surface area contributed by atoms with Gasteiger partial charge in [0, 0.05) is 12.2 Å². The zero-order valence-electron chi connectivity index (χ0n) is 9.07. The lowest BCUT2D eigenvalue weighted by Crippen LogP contribution is -2.33. The van der Waals surface area contributed by atoms with Crippen LogP contribution in [0.4, 0.5) is 0 Å². The molecule has 0 saturated carbocycles. The predicted octanol–water partition coefficient (Wildman–Crippen LogP) is 2.34. The van der Waals surface area contributed by atoms with Gasteiger partial charge in [0.2, 0.25) is 0 Å². The van der Waals surface area contributed by atoms with E-state index >= 15 is 0 Å². The first-order valence-electron chi connectivity index (χ1n) is 5.06. The van der Waals surface area contributed by atoms with E-state index in [4.69, 9.17) is 14.9 Å². The third-order valence-electron chi connectivity index (χ3n) is 2.30. The molecule has 2 atom stereocenters. The average molecular weight is 197 g/mol. The number of nitrogens with two attached hydrogens (primary N) is 1. The van der Waals surface area contributed by atoms with Crippen molar-refractivity contribution in [3.8, 4) is 0 Å². The van der Waals surface area contributed by atoms with Crippen molar-refractivity contribution in [2.75, 3.05) is 6.61 Å². The van der Waals surface area contributed by atoms with E-state index in [1.165, 1.54) is 0 Å². The van der Waals surface area contributed by atoms with E-state index in [1.54, 1.807) is 12.5 Å². The highest BCUT2D eigenvalue weighted by atomic mass is 16.5. The average Bonchev–Trinajstić information content (AvgIpc) is 2.65. The molecule has 1 aromatic rings. The molecule has 80 valence electrons. The summed E-state index contributed by atoms with van der Waals surface area (Å²) in [6, 6.07) is 1.78. The first kappa shape index (κ1) is 11.3. The van der Waals surface area contributed by atoms with Gasteiger partial charge in [-0.1, -0.05) is 13.8 Å². The quantitative estimate of drug-likeness (QED) is 0.788. The van der Waals surface area contributed by atoms with Crippen molar-refractivity contribution in [1.82, 2.24) is 0 Å². The van der Waals surface area contributed by atoms with E-state index in [9.17, 15) is 0 Å². The Labute approximate surface area is 85.2 Å². The van der Waals surface area contributed by atoms with E-state index in [1.807, 2.05) is 13.0 Å². The van der Waals surface area contributed by atoms with Crippen LogP contribution < -0.4 is 5.73 Å². The van der Waals surface area contributed by atoms with Crippen LogP contribution in [0.2, 0.25) is 0 Å². The zero-order chi connectivity index (χ0) is 10.6. The lowest BCUT2D eigenvalue weighted by atomic mass is 9.96. The molecular weight excluding hydrogens is 178 g/mol. The van der Waals surface area contributed by atoms with Crippen LogP contribution in [0.15, 0.2) is 23.0 Å². The molecule has 1 heterocycles. The maximum atomic E-state index is 6.09. The normalized spacial score (nSPS) is 15.8. The van der Waals surface area contributed by atoms with Gasteiger partial charge in [0.05, 0.1) is 24.7 Å². The predicted molar refractivity (Wildman–Crippen MR) is 55.9 cm³/mol. The molecular formula is C11H19NO2. The standard InChI is InChI=1S/C11H19NO2/c1-4-14-11(8(2)3)10(12)9-5-6-13-7-9/h5-8,10-11H,4,12H2,1-3H3. The van der Waals surface area contributed by atoms with E-state index in [0.717, 1.165) is 5.56 Å². The van der Waals surface area contributed by atoms with Crippen LogP contribution in [0, 0.1) is 5.92 Å². The summed E-state index contributed by atoms with van der Waals surface area (Å²) in [7, 11) is 0. The summed E-state index contributed by atoms with van der Waals surface area (Å²) in [6.07, 6.45) is 3.37. The zero-order valence-corrected chi connectivity index (χ0v) is 9.07. The Kier molecular flexibility index (Phi) is 4.17. The first-order valence-corrected chi connectivity index (χ1v) is 5.06. The minimum atomic E-state index is -0.103. The summed E-state index contributed by atoms with van der Waals surface area (Å²) >= 11 is 0. The highest BCUT2D eigenvalue weighted by Crippen LogP contribution is 2.22. The fourth-order valence-corrected chi connectivity index (χ4v) is 1.56. The lowest BCUT2D eigenvalue weighted by molar-refractivity contribution is 0.0120. The molecule has 0 fully saturated rings. The van der Waals surface area contributed by atoms with E-state index in [-0.39, 0.29) is 12.1 Å². The second-order valence-corrected chi connectivity index (χ2v) is 3.75. The molecule has 3 heteroatoms. The second kappa shape index (κ2) is 5.17. The Morgan fingerprint density at radius 2 is 2.21 bits per heavy atom. The molecule has 0 amide bonds. The molecule has 3 nitrogen and oxygen atoms in total. The molecule has 0 aliphatic carbocycles. The Balaban J connectivity index is 2.68. The molecule has 0 aromatic carbocycles. The van der Waals surface area contributed by atoms with Gasteiger partial charge in [-0.2, -0.15) is 0 Å². The van der Waals surface area contributed by atoms with Crippen LogP contribution in [-0.4, -0.2) is 12.7 Å². The molecule has 2 unspecified atom stereocenters. The van der Waals surface area contributed by atoms with Gasteiger partial charge < -0.3 is 14.9 Å². The number of ether oxygens (including phenoxy) is 1. The number of rotatable bonds is 5. The van der Waals surface area contributed by atoms with Crippen molar-refractivity contribution in [2.45, 2.75) is 32.9 Å². The Bertz CT molecular complexity index is 244. The van der Waals surface area contributed by atoms with Crippen molar-refractivity contribution < 1.29 is 9.15 Å². The van der Waals surface area contributed by atoms with Gasteiger partial charge in [-0.05, 0) is 18.9 Å². The van der Waals surface area contributed by atoms with Crippen molar-refractivity contribution in [3.05, 3.63) is 24.2 Å². The topological polar surface area (TPSA) is 48.4 Å². The molecule has 14 heavy (non-hydrogen) atoms. The van der Waals surface area contributed by atoms with Crippen molar-refractivity contribution >= 4 is 0 Å². The molecule has 0 aliphatic heterocycles. The van der Waals surface area contributed by atoms with Gasteiger partial charge >= 0.3 is 0 Å². The number of hydrogen-bond donors (Lipinski definition) is 1. The summed E-state index contributed by atoms with van der Waals surface area (Å²) in [5.41, 5.74) is 7.08. The van der Waals surface area contributed by atoms with Crippen LogP contribution in [0.1, 0.15) is 32.4 Å². The molecule has 0 saturated heterocycles. The monoisotopic (exact) mass is 197 g/mol. The van der Waals surface area contributed by atoms with Gasteiger partial charge in [0.15, 0.2) is 0 Å². The molecule has 1 aromatic heterocycles. The van der Waals surface area contributed by atoms with Gasteiger partial charge in [-0.15, -0.1) is 0 Å². The van der Waals surface area contributed by atoms with Gasteiger partial charge in [-0.25, -0.2) is 0 Å². The SMILES string of the molecule is CCOC(C(C)C)C(N)c1ccoc1. The summed E-state index contributed by atoms with van der Waals surface area (Å²) in [5, 5.41) is 0. The summed E-state index contributed by atoms with van der Waals surface area (Å²) < 4.78 is 10.6. The Hall–Kier alpha value is -0.800. The number of furan rings is 1.